The van der Waals surface area contributed by atoms with E-state index in [4.69, 9.17) is 0 Å². The molecule has 1 aliphatic rings. The zero-order valence-electron chi connectivity index (χ0n) is 8.77. The van der Waals surface area contributed by atoms with Crippen LogP contribution in [-0.2, 0) is 4.79 Å². The van der Waals surface area contributed by atoms with Crippen molar-refractivity contribution in [1.82, 2.24) is 5.32 Å². The number of nitrogens with one attached hydrogen (secondary N) is 1. The summed E-state index contributed by atoms with van der Waals surface area (Å²) in [5, 5.41) is 4.06. The molecule has 1 amide bonds. The first-order chi connectivity index (χ1) is 7.22. The van der Waals surface area contributed by atoms with Crippen LogP contribution in [0.15, 0.2) is 10.6 Å². The van der Waals surface area contributed by atoms with Gasteiger partial charge in [-0.3, -0.25) is 4.79 Å². The maximum absolute atomic E-state index is 11.5. The SMILES string of the molecule is O=C(CCCCBr)N[C@@H]1CC=C(Br)CC1. The highest BCUT2D eigenvalue weighted by atomic mass is 79.9. The lowest BCUT2D eigenvalue weighted by Crippen LogP contribution is -2.35. The van der Waals surface area contributed by atoms with Gasteiger partial charge in [0, 0.05) is 17.8 Å². The van der Waals surface area contributed by atoms with E-state index in [-0.39, 0.29) is 5.91 Å². The molecule has 1 aliphatic carbocycles. The second kappa shape index (κ2) is 7.44. The van der Waals surface area contributed by atoms with Crippen molar-refractivity contribution in [2.24, 2.45) is 0 Å². The second-order valence-corrected chi connectivity index (χ2v) is 5.65. The Morgan fingerprint density at radius 2 is 2.33 bits per heavy atom. The molecular formula is C11H17Br2NO. The summed E-state index contributed by atoms with van der Waals surface area (Å²) in [6.07, 6.45) is 7.94. The lowest BCUT2D eigenvalue weighted by atomic mass is 10.0. The molecule has 0 saturated carbocycles. The maximum atomic E-state index is 11.5. The average molecular weight is 339 g/mol. The lowest BCUT2D eigenvalue weighted by Gasteiger charge is -2.20. The molecule has 2 nitrogen and oxygen atoms in total. The molecule has 1 rings (SSSR count). The molecule has 4 heteroatoms. The monoisotopic (exact) mass is 337 g/mol. The van der Waals surface area contributed by atoms with Crippen LogP contribution >= 0.6 is 31.9 Å². The molecule has 1 N–H and O–H groups in total. The van der Waals surface area contributed by atoms with Crippen molar-refractivity contribution in [3.8, 4) is 0 Å². The van der Waals surface area contributed by atoms with E-state index in [1.54, 1.807) is 0 Å². The number of alkyl halides is 1. The van der Waals surface area contributed by atoms with E-state index in [0.29, 0.717) is 12.5 Å². The Hall–Kier alpha value is 0.170. The van der Waals surface area contributed by atoms with Crippen LogP contribution in [-0.4, -0.2) is 17.3 Å². The molecule has 0 fully saturated rings. The third-order valence-electron chi connectivity index (χ3n) is 2.51. The Morgan fingerprint density at radius 3 is 2.93 bits per heavy atom. The van der Waals surface area contributed by atoms with Crippen molar-refractivity contribution in [3.63, 3.8) is 0 Å². The summed E-state index contributed by atoms with van der Waals surface area (Å²) in [7, 11) is 0. The van der Waals surface area contributed by atoms with Crippen LogP contribution in [0.1, 0.15) is 38.5 Å². The standard InChI is InChI=1S/C11H17Br2NO/c12-8-2-1-3-11(15)14-10-6-4-9(13)5-7-10/h4,10H,1-3,5-8H2,(H,14,15)/t10-/m1/s1. The first-order valence-electron chi connectivity index (χ1n) is 5.42. The smallest absolute Gasteiger partial charge is 0.220 e. The number of allylic oxidation sites excluding steroid dienone is 1. The fourth-order valence-electron chi connectivity index (χ4n) is 1.61. The van der Waals surface area contributed by atoms with Crippen molar-refractivity contribution in [1.29, 1.82) is 0 Å². The Morgan fingerprint density at radius 1 is 1.53 bits per heavy atom. The van der Waals surface area contributed by atoms with Gasteiger partial charge in [-0.05, 0) is 36.6 Å². The van der Waals surface area contributed by atoms with Gasteiger partial charge in [0.05, 0.1) is 0 Å². The molecule has 0 aromatic heterocycles. The molecule has 0 aliphatic heterocycles. The van der Waals surface area contributed by atoms with Crippen molar-refractivity contribution < 1.29 is 4.79 Å². The van der Waals surface area contributed by atoms with Gasteiger partial charge in [0.2, 0.25) is 5.91 Å². The van der Waals surface area contributed by atoms with Crippen LogP contribution in [0, 0.1) is 0 Å². The minimum atomic E-state index is 0.201. The first kappa shape index (κ1) is 13.2. The summed E-state index contributed by atoms with van der Waals surface area (Å²) in [4.78, 5) is 11.5. The van der Waals surface area contributed by atoms with Gasteiger partial charge < -0.3 is 5.32 Å². The second-order valence-electron chi connectivity index (χ2n) is 3.84. The largest absolute Gasteiger partial charge is 0.353 e. The number of amides is 1. The highest BCUT2D eigenvalue weighted by molar-refractivity contribution is 9.11. The Bertz CT molecular complexity index is 241. The topological polar surface area (TPSA) is 29.1 Å². The van der Waals surface area contributed by atoms with E-state index < -0.39 is 0 Å². The molecule has 0 radical (unpaired) electrons. The van der Waals surface area contributed by atoms with Crippen LogP contribution in [0.4, 0.5) is 0 Å². The van der Waals surface area contributed by atoms with Gasteiger partial charge in [0.1, 0.15) is 0 Å². The summed E-state index contributed by atoms with van der Waals surface area (Å²) in [5.74, 6) is 0.201. The molecule has 15 heavy (non-hydrogen) atoms. The minimum Gasteiger partial charge on any atom is -0.353 e. The fraction of sp³-hybridized carbons (Fsp3) is 0.727. The van der Waals surface area contributed by atoms with Crippen molar-refractivity contribution in [2.45, 2.75) is 44.6 Å². The molecule has 0 bridgehead atoms. The molecule has 0 aromatic rings. The minimum absolute atomic E-state index is 0.201. The summed E-state index contributed by atoms with van der Waals surface area (Å²) < 4.78 is 1.27. The maximum Gasteiger partial charge on any atom is 0.220 e. The van der Waals surface area contributed by atoms with Crippen molar-refractivity contribution >= 4 is 37.8 Å². The van der Waals surface area contributed by atoms with E-state index >= 15 is 0 Å². The quantitative estimate of drug-likeness (QED) is 0.603. The molecule has 0 heterocycles. The van der Waals surface area contributed by atoms with E-state index in [0.717, 1.165) is 37.4 Å². The van der Waals surface area contributed by atoms with Gasteiger partial charge in [-0.2, -0.15) is 0 Å². The van der Waals surface area contributed by atoms with Crippen LogP contribution in [0.25, 0.3) is 0 Å². The van der Waals surface area contributed by atoms with E-state index in [2.05, 4.69) is 43.3 Å². The molecule has 86 valence electrons. The van der Waals surface area contributed by atoms with E-state index in [1.165, 1.54) is 4.48 Å². The molecule has 0 aromatic carbocycles. The van der Waals surface area contributed by atoms with E-state index in [1.807, 2.05) is 0 Å². The zero-order valence-corrected chi connectivity index (χ0v) is 11.9. The molecule has 1 atom stereocenters. The van der Waals surface area contributed by atoms with Gasteiger partial charge in [-0.15, -0.1) is 0 Å². The molecule has 0 saturated heterocycles. The number of unbranched alkanes of at least 4 members (excludes halogenated alkanes) is 1. The first-order valence-corrected chi connectivity index (χ1v) is 7.33. The number of halogens is 2. The van der Waals surface area contributed by atoms with Gasteiger partial charge in [0.15, 0.2) is 0 Å². The van der Waals surface area contributed by atoms with Crippen LogP contribution < -0.4 is 5.32 Å². The van der Waals surface area contributed by atoms with Crippen LogP contribution in [0.3, 0.4) is 0 Å². The van der Waals surface area contributed by atoms with E-state index in [9.17, 15) is 4.79 Å². The highest BCUT2D eigenvalue weighted by Crippen LogP contribution is 2.22. The van der Waals surface area contributed by atoms with Crippen LogP contribution in [0.2, 0.25) is 0 Å². The number of carbonyl (C=O) groups excluding carboxylic acids is 1. The van der Waals surface area contributed by atoms with Gasteiger partial charge >= 0.3 is 0 Å². The third-order valence-corrected chi connectivity index (χ3v) is 3.79. The third kappa shape index (κ3) is 5.71. The zero-order chi connectivity index (χ0) is 11.1. The normalized spacial score (nSPS) is 20.9. The number of rotatable bonds is 5. The molecule has 0 spiro atoms. The summed E-state index contributed by atoms with van der Waals surface area (Å²) >= 11 is 6.84. The Kier molecular flexibility index (Phi) is 6.57. The van der Waals surface area contributed by atoms with Gasteiger partial charge in [-0.25, -0.2) is 0 Å². The van der Waals surface area contributed by atoms with Crippen molar-refractivity contribution in [3.05, 3.63) is 10.6 Å². The summed E-state index contributed by atoms with van der Waals surface area (Å²) in [6, 6.07) is 0.350. The predicted molar refractivity (Wildman–Crippen MR) is 70.4 cm³/mol. The van der Waals surface area contributed by atoms with Crippen molar-refractivity contribution in [2.75, 3.05) is 5.33 Å². The number of hydrogen-bond acceptors (Lipinski definition) is 1. The highest BCUT2D eigenvalue weighted by Gasteiger charge is 2.14. The Labute approximate surface area is 108 Å². The lowest BCUT2D eigenvalue weighted by molar-refractivity contribution is -0.121. The average Bonchev–Trinajstić information content (AvgIpc) is 2.22. The summed E-state index contributed by atoms with van der Waals surface area (Å²) in [5.41, 5.74) is 0. The van der Waals surface area contributed by atoms with Gasteiger partial charge in [-0.1, -0.05) is 37.9 Å². The predicted octanol–water partition coefficient (Wildman–Crippen LogP) is 3.50. The fourth-order valence-corrected chi connectivity index (χ4v) is 2.43. The van der Waals surface area contributed by atoms with Gasteiger partial charge in [0.25, 0.3) is 0 Å². The molecule has 0 unspecified atom stereocenters. The summed E-state index contributed by atoms with van der Waals surface area (Å²) in [6.45, 7) is 0. The van der Waals surface area contributed by atoms with Crippen LogP contribution in [0.5, 0.6) is 0 Å². The Balaban J connectivity index is 2.15. The number of hydrogen-bond donors (Lipinski definition) is 1. The number of carbonyl (C=O) groups is 1. The molecular weight excluding hydrogens is 322 g/mol.